The standard InChI is InChI=1S/C10H14N2O3/c1-5(2)7-4-6(3)12(15)9(11)8(7)10(13)14/h4-5,11,15H,1-3H3,(H,13,14). The van der Waals surface area contributed by atoms with Crippen molar-refractivity contribution in [3.8, 4) is 0 Å². The molecular weight excluding hydrogens is 196 g/mol. The minimum Gasteiger partial charge on any atom is -0.478 e. The van der Waals surface area contributed by atoms with Gasteiger partial charge in [0.25, 0.3) is 0 Å². The van der Waals surface area contributed by atoms with Gasteiger partial charge in [-0.1, -0.05) is 13.8 Å². The number of aromatic carboxylic acids is 1. The van der Waals surface area contributed by atoms with Gasteiger partial charge >= 0.3 is 5.97 Å². The third-order valence-corrected chi connectivity index (χ3v) is 2.27. The molecule has 82 valence electrons. The predicted octanol–water partition coefficient (Wildman–Crippen LogP) is 1.33. The smallest absolute Gasteiger partial charge is 0.339 e. The minimum absolute atomic E-state index is 0.0000926. The summed E-state index contributed by atoms with van der Waals surface area (Å²) in [5.74, 6) is -1.19. The number of carboxylic acid groups (broad SMARTS) is 1. The van der Waals surface area contributed by atoms with Crippen molar-refractivity contribution < 1.29 is 15.1 Å². The highest BCUT2D eigenvalue weighted by Crippen LogP contribution is 2.17. The molecule has 0 aliphatic rings. The SMILES string of the molecule is Cc1cc(C(C)C)c(C(=O)O)c(=N)n1O. The van der Waals surface area contributed by atoms with E-state index in [4.69, 9.17) is 10.5 Å². The summed E-state index contributed by atoms with van der Waals surface area (Å²) in [5, 5.41) is 25.9. The van der Waals surface area contributed by atoms with Crippen molar-refractivity contribution in [2.45, 2.75) is 26.7 Å². The molecule has 0 saturated carbocycles. The Kier molecular flexibility index (Phi) is 2.83. The zero-order valence-electron chi connectivity index (χ0n) is 8.90. The molecule has 5 nitrogen and oxygen atoms in total. The lowest BCUT2D eigenvalue weighted by Crippen LogP contribution is -2.29. The Morgan fingerprint density at radius 2 is 2.07 bits per heavy atom. The third-order valence-electron chi connectivity index (χ3n) is 2.27. The van der Waals surface area contributed by atoms with Crippen molar-refractivity contribution in [2.75, 3.05) is 0 Å². The highest BCUT2D eigenvalue weighted by molar-refractivity contribution is 5.89. The first-order valence-electron chi connectivity index (χ1n) is 4.60. The van der Waals surface area contributed by atoms with Gasteiger partial charge < -0.3 is 10.3 Å². The average molecular weight is 210 g/mol. The molecule has 0 bridgehead atoms. The third kappa shape index (κ3) is 1.86. The first-order valence-corrected chi connectivity index (χ1v) is 4.60. The Hall–Kier alpha value is -1.78. The maximum atomic E-state index is 11.0. The summed E-state index contributed by atoms with van der Waals surface area (Å²) in [4.78, 5) is 11.0. The number of hydrogen-bond donors (Lipinski definition) is 3. The highest BCUT2D eigenvalue weighted by atomic mass is 16.5. The van der Waals surface area contributed by atoms with E-state index in [1.54, 1.807) is 13.0 Å². The van der Waals surface area contributed by atoms with Gasteiger partial charge in [0.05, 0.1) is 5.69 Å². The van der Waals surface area contributed by atoms with Crippen molar-refractivity contribution in [3.05, 3.63) is 28.4 Å². The van der Waals surface area contributed by atoms with Gasteiger partial charge in [-0.05, 0) is 24.5 Å². The molecule has 5 heteroatoms. The van der Waals surface area contributed by atoms with Crippen LogP contribution in [0.3, 0.4) is 0 Å². The molecule has 0 atom stereocenters. The number of carbonyl (C=O) groups is 1. The monoisotopic (exact) mass is 210 g/mol. The number of nitrogens with zero attached hydrogens (tertiary/aromatic N) is 1. The van der Waals surface area contributed by atoms with Crippen LogP contribution in [0.1, 0.15) is 41.4 Å². The Bertz CT molecular complexity index is 460. The molecule has 1 aromatic rings. The molecular formula is C10H14N2O3. The average Bonchev–Trinajstić information content (AvgIpc) is 2.12. The Labute approximate surface area is 87.1 Å². The molecule has 15 heavy (non-hydrogen) atoms. The van der Waals surface area contributed by atoms with Gasteiger partial charge in [0.2, 0.25) is 0 Å². The first kappa shape index (κ1) is 11.3. The number of pyridine rings is 1. The van der Waals surface area contributed by atoms with Crippen LogP contribution in [0.5, 0.6) is 0 Å². The van der Waals surface area contributed by atoms with E-state index in [9.17, 15) is 10.0 Å². The number of nitrogens with one attached hydrogen (secondary N) is 1. The molecule has 3 N–H and O–H groups in total. The van der Waals surface area contributed by atoms with Crippen molar-refractivity contribution >= 4 is 5.97 Å². The zero-order valence-corrected chi connectivity index (χ0v) is 8.90. The van der Waals surface area contributed by atoms with Gasteiger partial charge in [0, 0.05) is 0 Å². The van der Waals surface area contributed by atoms with E-state index < -0.39 is 5.97 Å². The lowest BCUT2D eigenvalue weighted by atomic mass is 9.98. The Balaban J connectivity index is 3.66. The van der Waals surface area contributed by atoms with E-state index in [1.807, 2.05) is 13.8 Å². The van der Waals surface area contributed by atoms with E-state index in [0.29, 0.717) is 16.0 Å². The van der Waals surface area contributed by atoms with E-state index in [2.05, 4.69) is 0 Å². The lowest BCUT2D eigenvalue weighted by Gasteiger charge is -2.13. The fourth-order valence-corrected chi connectivity index (χ4v) is 1.46. The van der Waals surface area contributed by atoms with E-state index >= 15 is 0 Å². The van der Waals surface area contributed by atoms with Crippen molar-refractivity contribution in [3.63, 3.8) is 0 Å². The molecule has 0 aromatic carbocycles. The number of aryl methyl sites for hydroxylation is 1. The molecule has 0 spiro atoms. The summed E-state index contributed by atoms with van der Waals surface area (Å²) in [5.41, 5.74) is 0.494. The number of hydrogen-bond acceptors (Lipinski definition) is 3. The van der Waals surface area contributed by atoms with Crippen molar-refractivity contribution in [2.24, 2.45) is 0 Å². The van der Waals surface area contributed by atoms with E-state index in [-0.39, 0.29) is 17.0 Å². The van der Waals surface area contributed by atoms with Crippen LogP contribution < -0.4 is 5.49 Å². The molecule has 1 aromatic heterocycles. The topological polar surface area (TPSA) is 86.3 Å². The van der Waals surface area contributed by atoms with Crippen molar-refractivity contribution in [1.82, 2.24) is 4.73 Å². The molecule has 0 unspecified atom stereocenters. The zero-order chi connectivity index (χ0) is 11.7. The van der Waals surface area contributed by atoms with Gasteiger partial charge in [-0.15, -0.1) is 0 Å². The normalized spacial score (nSPS) is 10.7. The Morgan fingerprint density at radius 3 is 2.47 bits per heavy atom. The molecule has 1 rings (SSSR count). The predicted molar refractivity (Wildman–Crippen MR) is 53.3 cm³/mol. The summed E-state index contributed by atoms with van der Waals surface area (Å²) in [6.07, 6.45) is 0. The maximum Gasteiger partial charge on any atom is 0.339 e. The van der Waals surface area contributed by atoms with Gasteiger partial charge in [0.15, 0.2) is 5.49 Å². The molecule has 0 aliphatic heterocycles. The second kappa shape index (κ2) is 3.76. The molecule has 0 aliphatic carbocycles. The minimum atomic E-state index is -1.19. The lowest BCUT2D eigenvalue weighted by molar-refractivity contribution is 0.0683. The molecule has 0 radical (unpaired) electrons. The summed E-state index contributed by atoms with van der Waals surface area (Å²) in [6.45, 7) is 5.32. The summed E-state index contributed by atoms with van der Waals surface area (Å²) >= 11 is 0. The van der Waals surface area contributed by atoms with Gasteiger partial charge in [-0.2, -0.15) is 4.73 Å². The summed E-state index contributed by atoms with van der Waals surface area (Å²) in [6, 6.07) is 1.59. The van der Waals surface area contributed by atoms with Crippen LogP contribution in [0.15, 0.2) is 6.07 Å². The van der Waals surface area contributed by atoms with Crippen LogP contribution in [0, 0.1) is 12.3 Å². The van der Waals surface area contributed by atoms with Gasteiger partial charge in [-0.25, -0.2) is 4.79 Å². The quantitative estimate of drug-likeness (QED) is 0.644. The number of carboxylic acids is 1. The second-order valence-corrected chi connectivity index (χ2v) is 3.74. The molecule has 1 heterocycles. The summed E-state index contributed by atoms with van der Waals surface area (Å²) < 4.78 is 0.579. The largest absolute Gasteiger partial charge is 0.478 e. The fourth-order valence-electron chi connectivity index (χ4n) is 1.46. The Morgan fingerprint density at radius 1 is 1.53 bits per heavy atom. The van der Waals surface area contributed by atoms with Crippen LogP contribution in [-0.2, 0) is 0 Å². The van der Waals surface area contributed by atoms with Crippen LogP contribution in [-0.4, -0.2) is 21.0 Å². The number of rotatable bonds is 2. The second-order valence-electron chi connectivity index (χ2n) is 3.74. The molecule has 0 fully saturated rings. The highest BCUT2D eigenvalue weighted by Gasteiger charge is 2.18. The van der Waals surface area contributed by atoms with Crippen molar-refractivity contribution in [1.29, 1.82) is 5.41 Å². The van der Waals surface area contributed by atoms with Crippen LogP contribution >= 0.6 is 0 Å². The van der Waals surface area contributed by atoms with Gasteiger partial charge in [-0.3, -0.25) is 5.41 Å². The van der Waals surface area contributed by atoms with Crippen LogP contribution in [0.25, 0.3) is 0 Å². The summed E-state index contributed by atoms with van der Waals surface area (Å²) in [7, 11) is 0. The van der Waals surface area contributed by atoms with Crippen LogP contribution in [0.4, 0.5) is 0 Å². The van der Waals surface area contributed by atoms with E-state index in [0.717, 1.165) is 0 Å². The van der Waals surface area contributed by atoms with Gasteiger partial charge in [0.1, 0.15) is 5.56 Å². The molecule has 0 amide bonds. The number of aromatic nitrogens is 1. The van der Waals surface area contributed by atoms with E-state index in [1.165, 1.54) is 0 Å². The van der Waals surface area contributed by atoms with Crippen LogP contribution in [0.2, 0.25) is 0 Å². The first-order chi connectivity index (χ1) is 6.86. The maximum absolute atomic E-state index is 11.0. The molecule has 0 saturated heterocycles. The fraction of sp³-hybridized carbons (Fsp3) is 0.400.